The first kappa shape index (κ1) is 16.4. The summed E-state index contributed by atoms with van der Waals surface area (Å²) in [6, 6.07) is 2.27. The summed E-state index contributed by atoms with van der Waals surface area (Å²) in [7, 11) is -4.23. The van der Waals surface area contributed by atoms with Gasteiger partial charge in [0.1, 0.15) is 4.90 Å². The highest BCUT2D eigenvalue weighted by molar-refractivity contribution is 9.10. The van der Waals surface area contributed by atoms with Crippen molar-refractivity contribution in [1.82, 2.24) is 5.32 Å². The van der Waals surface area contributed by atoms with E-state index in [0.29, 0.717) is 18.4 Å². The number of carbonyl (C=O) groups is 1. The van der Waals surface area contributed by atoms with E-state index in [9.17, 15) is 17.6 Å². The quantitative estimate of drug-likeness (QED) is 0.820. The summed E-state index contributed by atoms with van der Waals surface area (Å²) in [5, 5.41) is 7.58. The molecule has 1 amide bonds. The molecule has 1 aliphatic carbocycles. The van der Waals surface area contributed by atoms with Crippen LogP contribution in [0.5, 0.6) is 0 Å². The third kappa shape index (κ3) is 4.02. The Morgan fingerprint density at radius 1 is 1.52 bits per heavy atom. The number of benzene rings is 1. The van der Waals surface area contributed by atoms with Gasteiger partial charge in [-0.1, -0.05) is 22.9 Å². The zero-order chi connectivity index (χ0) is 15.8. The SMILES string of the molecule is CC(CNC(=O)c1cc(Br)cc(S(N)(=O)=O)c1F)C1CC1. The Labute approximate surface area is 131 Å². The van der Waals surface area contributed by atoms with Gasteiger partial charge >= 0.3 is 0 Å². The third-order valence-electron chi connectivity index (χ3n) is 3.57. The summed E-state index contributed by atoms with van der Waals surface area (Å²) < 4.78 is 37.1. The molecule has 0 bridgehead atoms. The minimum atomic E-state index is -4.23. The lowest BCUT2D eigenvalue weighted by Crippen LogP contribution is -2.30. The molecule has 5 nitrogen and oxygen atoms in total. The molecular formula is C13H16BrFN2O3S. The largest absolute Gasteiger partial charge is 0.352 e. The Kier molecular flexibility index (Phi) is 4.69. The summed E-state index contributed by atoms with van der Waals surface area (Å²) in [6.45, 7) is 2.45. The lowest BCUT2D eigenvalue weighted by atomic mass is 10.1. The van der Waals surface area contributed by atoms with E-state index in [2.05, 4.69) is 21.2 Å². The zero-order valence-electron chi connectivity index (χ0n) is 11.4. The van der Waals surface area contributed by atoms with Crippen LogP contribution in [0.3, 0.4) is 0 Å². The molecule has 0 heterocycles. The van der Waals surface area contributed by atoms with Crippen LogP contribution < -0.4 is 10.5 Å². The number of carbonyl (C=O) groups excluding carboxylic acids is 1. The van der Waals surface area contributed by atoms with Crippen molar-refractivity contribution in [3.63, 3.8) is 0 Å². The van der Waals surface area contributed by atoms with Crippen LogP contribution in [0.25, 0.3) is 0 Å². The molecule has 0 aliphatic heterocycles. The molecule has 1 fully saturated rings. The fourth-order valence-electron chi connectivity index (χ4n) is 2.12. The molecule has 1 saturated carbocycles. The van der Waals surface area contributed by atoms with Crippen LogP contribution >= 0.6 is 15.9 Å². The number of sulfonamides is 1. The van der Waals surface area contributed by atoms with Gasteiger partial charge in [0.15, 0.2) is 5.82 Å². The Morgan fingerprint density at radius 2 is 2.14 bits per heavy atom. The van der Waals surface area contributed by atoms with Crippen molar-refractivity contribution in [1.29, 1.82) is 0 Å². The molecule has 2 rings (SSSR count). The van der Waals surface area contributed by atoms with Gasteiger partial charge in [0.2, 0.25) is 10.0 Å². The summed E-state index contributed by atoms with van der Waals surface area (Å²) in [4.78, 5) is 11.3. The predicted octanol–water partition coefficient (Wildman–Crippen LogP) is 2.01. The van der Waals surface area contributed by atoms with Crippen molar-refractivity contribution in [2.45, 2.75) is 24.7 Å². The van der Waals surface area contributed by atoms with Gasteiger partial charge < -0.3 is 5.32 Å². The van der Waals surface area contributed by atoms with E-state index in [-0.39, 0.29) is 10.0 Å². The van der Waals surface area contributed by atoms with Crippen LogP contribution in [0.1, 0.15) is 30.1 Å². The van der Waals surface area contributed by atoms with Crippen molar-refractivity contribution < 1.29 is 17.6 Å². The highest BCUT2D eigenvalue weighted by Gasteiger charge is 2.28. The number of halogens is 2. The Balaban J connectivity index is 2.22. The van der Waals surface area contributed by atoms with E-state index in [1.807, 2.05) is 6.92 Å². The molecule has 1 unspecified atom stereocenters. The number of primary sulfonamides is 1. The maximum atomic E-state index is 14.2. The Bertz CT molecular complexity index is 674. The van der Waals surface area contributed by atoms with Gasteiger partial charge in [-0.25, -0.2) is 17.9 Å². The standard InChI is InChI=1S/C13H16BrFN2O3S/c1-7(8-2-3-8)6-17-13(18)10-4-9(14)5-11(12(10)15)21(16,19)20/h4-5,7-8H,2-3,6H2,1H3,(H,17,18)(H2,16,19,20). The average molecular weight is 379 g/mol. The van der Waals surface area contributed by atoms with Gasteiger partial charge in [0.05, 0.1) is 5.56 Å². The maximum Gasteiger partial charge on any atom is 0.254 e. The molecule has 8 heteroatoms. The van der Waals surface area contributed by atoms with Gasteiger partial charge in [0, 0.05) is 11.0 Å². The molecule has 1 atom stereocenters. The van der Waals surface area contributed by atoms with Crippen LogP contribution in [-0.2, 0) is 10.0 Å². The topological polar surface area (TPSA) is 89.3 Å². The van der Waals surface area contributed by atoms with Crippen LogP contribution in [-0.4, -0.2) is 20.9 Å². The summed E-state index contributed by atoms with van der Waals surface area (Å²) >= 11 is 3.05. The Morgan fingerprint density at radius 3 is 2.67 bits per heavy atom. The maximum absolute atomic E-state index is 14.2. The van der Waals surface area contributed by atoms with Gasteiger partial charge in [-0.3, -0.25) is 4.79 Å². The van der Waals surface area contributed by atoms with E-state index in [0.717, 1.165) is 18.9 Å². The number of hydrogen-bond donors (Lipinski definition) is 2. The lowest BCUT2D eigenvalue weighted by Gasteiger charge is -2.13. The second kappa shape index (κ2) is 6.02. The molecule has 3 N–H and O–H groups in total. The van der Waals surface area contributed by atoms with E-state index < -0.39 is 26.6 Å². The number of amides is 1. The van der Waals surface area contributed by atoms with Gasteiger partial charge in [-0.2, -0.15) is 0 Å². The molecule has 116 valence electrons. The third-order valence-corrected chi connectivity index (χ3v) is 4.93. The predicted molar refractivity (Wildman–Crippen MR) is 79.7 cm³/mol. The summed E-state index contributed by atoms with van der Waals surface area (Å²) in [6.07, 6.45) is 2.30. The molecule has 0 saturated heterocycles. The fourth-order valence-corrected chi connectivity index (χ4v) is 3.38. The normalized spacial score (nSPS) is 16.6. The Hall–Kier alpha value is -0.990. The van der Waals surface area contributed by atoms with E-state index >= 15 is 0 Å². The van der Waals surface area contributed by atoms with Gasteiger partial charge in [0.25, 0.3) is 5.91 Å². The number of hydrogen-bond acceptors (Lipinski definition) is 3. The second-order valence-electron chi connectivity index (χ2n) is 5.34. The first-order chi connectivity index (χ1) is 9.70. The number of nitrogens with two attached hydrogens (primary N) is 1. The molecule has 0 radical (unpaired) electrons. The molecule has 1 aromatic carbocycles. The molecule has 1 aliphatic rings. The first-order valence-electron chi connectivity index (χ1n) is 6.50. The van der Waals surface area contributed by atoms with E-state index in [1.165, 1.54) is 6.07 Å². The van der Waals surface area contributed by atoms with Crippen LogP contribution in [0.15, 0.2) is 21.5 Å². The van der Waals surface area contributed by atoms with Gasteiger partial charge in [-0.15, -0.1) is 0 Å². The van der Waals surface area contributed by atoms with Crippen molar-refractivity contribution in [3.05, 3.63) is 28.0 Å². The average Bonchev–Trinajstić information content (AvgIpc) is 3.20. The monoisotopic (exact) mass is 378 g/mol. The van der Waals surface area contributed by atoms with Gasteiger partial charge in [-0.05, 0) is 36.8 Å². The van der Waals surface area contributed by atoms with E-state index in [4.69, 9.17) is 5.14 Å². The van der Waals surface area contributed by atoms with Crippen LogP contribution in [0.2, 0.25) is 0 Å². The number of rotatable bonds is 5. The number of nitrogens with one attached hydrogen (secondary N) is 1. The van der Waals surface area contributed by atoms with Crippen molar-refractivity contribution in [2.24, 2.45) is 17.0 Å². The molecule has 0 spiro atoms. The second-order valence-corrected chi connectivity index (χ2v) is 7.78. The van der Waals surface area contributed by atoms with Crippen molar-refractivity contribution in [3.8, 4) is 0 Å². The minimum Gasteiger partial charge on any atom is -0.352 e. The zero-order valence-corrected chi connectivity index (χ0v) is 13.8. The highest BCUT2D eigenvalue weighted by Crippen LogP contribution is 2.36. The van der Waals surface area contributed by atoms with Crippen LogP contribution in [0, 0.1) is 17.7 Å². The molecule has 21 heavy (non-hydrogen) atoms. The smallest absolute Gasteiger partial charge is 0.254 e. The summed E-state index contributed by atoms with van der Waals surface area (Å²) in [5.74, 6) is -0.844. The lowest BCUT2D eigenvalue weighted by molar-refractivity contribution is 0.0942. The molecular weight excluding hydrogens is 363 g/mol. The summed E-state index contributed by atoms with van der Waals surface area (Å²) in [5.41, 5.74) is -0.337. The van der Waals surface area contributed by atoms with Crippen molar-refractivity contribution >= 4 is 31.9 Å². The first-order valence-corrected chi connectivity index (χ1v) is 8.84. The fraction of sp³-hybridized carbons (Fsp3) is 0.462. The van der Waals surface area contributed by atoms with Crippen LogP contribution in [0.4, 0.5) is 4.39 Å². The van der Waals surface area contributed by atoms with Crippen molar-refractivity contribution in [2.75, 3.05) is 6.54 Å². The molecule has 1 aromatic rings. The van der Waals surface area contributed by atoms with E-state index in [1.54, 1.807) is 0 Å². The minimum absolute atomic E-state index is 0.272. The highest BCUT2D eigenvalue weighted by atomic mass is 79.9. The molecule has 0 aromatic heterocycles.